The first-order valence-electron chi connectivity index (χ1n) is 7.02. The van der Waals surface area contributed by atoms with Gasteiger partial charge >= 0.3 is 0 Å². The number of carbonyl (C=O) groups excluding carboxylic acids is 1. The molecule has 0 atom stereocenters. The van der Waals surface area contributed by atoms with Gasteiger partial charge in [0.1, 0.15) is 13.2 Å². The number of nitrogens with two attached hydrogens (primary N) is 1. The number of hydrogen-bond acceptors (Lipinski definition) is 4. The van der Waals surface area contributed by atoms with Gasteiger partial charge in [-0.05, 0) is 34.8 Å². The molecule has 0 bridgehead atoms. The van der Waals surface area contributed by atoms with Crippen LogP contribution in [-0.2, 0) is 5.54 Å². The van der Waals surface area contributed by atoms with Gasteiger partial charge in [-0.3, -0.25) is 4.79 Å². The van der Waals surface area contributed by atoms with Crippen LogP contribution in [0.4, 0.5) is 0 Å². The highest BCUT2D eigenvalue weighted by Crippen LogP contribution is 2.47. The zero-order valence-electron chi connectivity index (χ0n) is 11.3. The van der Waals surface area contributed by atoms with E-state index >= 15 is 0 Å². The molecule has 1 aliphatic carbocycles. The van der Waals surface area contributed by atoms with Gasteiger partial charge < -0.3 is 15.2 Å². The minimum Gasteiger partial charge on any atom is -0.486 e. The number of ether oxygens (including phenoxy) is 2. The summed E-state index contributed by atoms with van der Waals surface area (Å²) in [6, 6.07) is 1.93. The second-order valence-electron chi connectivity index (χ2n) is 5.51. The SMILES string of the molecule is NC1(c2cc(Br)c(C=O)c3c2OCCO3)CCCCC1. The molecular formula is C15H18BrNO3. The third kappa shape index (κ3) is 2.23. The van der Waals surface area contributed by atoms with E-state index in [9.17, 15) is 4.79 Å². The van der Waals surface area contributed by atoms with E-state index in [1.165, 1.54) is 6.42 Å². The molecule has 0 spiro atoms. The maximum atomic E-state index is 11.3. The van der Waals surface area contributed by atoms with Gasteiger partial charge in [0, 0.05) is 15.6 Å². The maximum absolute atomic E-state index is 11.3. The average Bonchev–Trinajstić information content (AvgIpc) is 2.47. The summed E-state index contributed by atoms with van der Waals surface area (Å²) in [5, 5.41) is 0. The summed E-state index contributed by atoms with van der Waals surface area (Å²) in [5.41, 5.74) is 7.70. The molecule has 5 heteroatoms. The van der Waals surface area contributed by atoms with Crippen molar-refractivity contribution in [2.75, 3.05) is 13.2 Å². The third-order valence-corrected chi connectivity index (χ3v) is 4.86. The van der Waals surface area contributed by atoms with Crippen molar-refractivity contribution in [3.63, 3.8) is 0 Å². The quantitative estimate of drug-likeness (QED) is 0.840. The van der Waals surface area contributed by atoms with Crippen LogP contribution in [0.15, 0.2) is 10.5 Å². The summed E-state index contributed by atoms with van der Waals surface area (Å²) in [6.45, 7) is 0.956. The topological polar surface area (TPSA) is 61.6 Å². The highest BCUT2D eigenvalue weighted by molar-refractivity contribution is 9.10. The molecule has 0 unspecified atom stereocenters. The molecule has 2 N–H and O–H groups in total. The third-order valence-electron chi connectivity index (χ3n) is 4.20. The van der Waals surface area contributed by atoms with Gasteiger partial charge in [-0.1, -0.05) is 19.3 Å². The van der Waals surface area contributed by atoms with Crippen LogP contribution in [0.1, 0.15) is 48.0 Å². The van der Waals surface area contributed by atoms with Crippen LogP contribution in [0.2, 0.25) is 0 Å². The fraction of sp³-hybridized carbons (Fsp3) is 0.533. The van der Waals surface area contributed by atoms with E-state index in [0.717, 1.165) is 42.0 Å². The number of halogens is 1. The average molecular weight is 340 g/mol. The number of benzene rings is 1. The molecule has 1 aromatic carbocycles. The Hall–Kier alpha value is -1.07. The molecule has 2 aliphatic rings. The van der Waals surface area contributed by atoms with E-state index in [4.69, 9.17) is 15.2 Å². The van der Waals surface area contributed by atoms with E-state index in [1.807, 2.05) is 6.07 Å². The van der Waals surface area contributed by atoms with Crippen LogP contribution in [0.5, 0.6) is 11.5 Å². The number of carbonyl (C=O) groups is 1. The molecule has 0 aromatic heterocycles. The number of hydrogen-bond donors (Lipinski definition) is 1. The smallest absolute Gasteiger partial charge is 0.173 e. The molecule has 0 radical (unpaired) electrons. The van der Waals surface area contributed by atoms with Gasteiger partial charge in [-0.2, -0.15) is 0 Å². The Kier molecular flexibility index (Phi) is 3.73. The fourth-order valence-corrected chi connectivity index (χ4v) is 3.63. The monoisotopic (exact) mass is 339 g/mol. The summed E-state index contributed by atoms with van der Waals surface area (Å²) in [4.78, 5) is 11.3. The van der Waals surface area contributed by atoms with Gasteiger partial charge in [-0.15, -0.1) is 0 Å². The summed E-state index contributed by atoms with van der Waals surface area (Å²) in [7, 11) is 0. The zero-order valence-corrected chi connectivity index (χ0v) is 12.9. The van der Waals surface area contributed by atoms with E-state index in [1.54, 1.807) is 0 Å². The van der Waals surface area contributed by atoms with Crippen LogP contribution < -0.4 is 15.2 Å². The minimum atomic E-state index is -0.382. The fourth-order valence-electron chi connectivity index (χ4n) is 3.13. The Bertz CT molecular complexity index is 538. The molecule has 0 saturated heterocycles. The predicted octanol–water partition coefficient (Wildman–Crippen LogP) is 3.15. The van der Waals surface area contributed by atoms with Crippen molar-refractivity contribution in [2.45, 2.75) is 37.6 Å². The van der Waals surface area contributed by atoms with Crippen molar-refractivity contribution >= 4 is 22.2 Å². The Morgan fingerprint density at radius 1 is 1.15 bits per heavy atom. The Morgan fingerprint density at radius 3 is 2.45 bits per heavy atom. The molecule has 108 valence electrons. The lowest BCUT2D eigenvalue weighted by molar-refractivity contribution is 0.110. The van der Waals surface area contributed by atoms with E-state index < -0.39 is 0 Å². The highest BCUT2D eigenvalue weighted by atomic mass is 79.9. The van der Waals surface area contributed by atoms with E-state index in [2.05, 4.69) is 15.9 Å². The van der Waals surface area contributed by atoms with Crippen molar-refractivity contribution in [3.8, 4) is 11.5 Å². The van der Waals surface area contributed by atoms with Crippen molar-refractivity contribution in [2.24, 2.45) is 5.73 Å². The van der Waals surface area contributed by atoms with E-state index in [-0.39, 0.29) is 5.54 Å². The molecule has 1 saturated carbocycles. The lowest BCUT2D eigenvalue weighted by Gasteiger charge is -2.36. The standard InChI is InChI=1S/C15H18BrNO3/c16-12-8-11(15(17)4-2-1-3-5-15)14-13(10(12)9-18)19-6-7-20-14/h8-9H,1-7,17H2. The van der Waals surface area contributed by atoms with Crippen molar-refractivity contribution in [3.05, 3.63) is 21.7 Å². The number of fused-ring (bicyclic) bond motifs is 1. The zero-order chi connectivity index (χ0) is 14.2. The van der Waals surface area contributed by atoms with Crippen molar-refractivity contribution in [1.82, 2.24) is 0 Å². The van der Waals surface area contributed by atoms with Gasteiger partial charge in [0.15, 0.2) is 17.8 Å². The Labute approximate surface area is 126 Å². The van der Waals surface area contributed by atoms with Gasteiger partial charge in [-0.25, -0.2) is 0 Å². The lowest BCUT2D eigenvalue weighted by Crippen LogP contribution is -2.39. The normalized spacial score (nSPS) is 20.5. The Balaban J connectivity index is 2.15. The second-order valence-corrected chi connectivity index (χ2v) is 6.36. The largest absolute Gasteiger partial charge is 0.486 e. The summed E-state index contributed by atoms with van der Waals surface area (Å²) in [5.74, 6) is 1.19. The van der Waals surface area contributed by atoms with E-state index in [0.29, 0.717) is 30.3 Å². The van der Waals surface area contributed by atoms with Crippen LogP contribution in [0.3, 0.4) is 0 Å². The molecule has 0 amide bonds. The first kappa shape index (κ1) is 13.9. The summed E-state index contributed by atoms with van der Waals surface area (Å²) < 4.78 is 12.2. The molecule has 4 nitrogen and oxygen atoms in total. The highest BCUT2D eigenvalue weighted by Gasteiger charge is 2.36. The Morgan fingerprint density at radius 2 is 1.80 bits per heavy atom. The second kappa shape index (κ2) is 5.37. The molecule has 1 aliphatic heterocycles. The van der Waals surface area contributed by atoms with Gasteiger partial charge in [0.05, 0.1) is 5.56 Å². The van der Waals surface area contributed by atoms with Crippen LogP contribution in [0.25, 0.3) is 0 Å². The molecular weight excluding hydrogens is 322 g/mol. The van der Waals surface area contributed by atoms with Crippen molar-refractivity contribution < 1.29 is 14.3 Å². The summed E-state index contributed by atoms with van der Waals surface area (Å²) in [6.07, 6.45) is 6.15. The van der Waals surface area contributed by atoms with Crippen LogP contribution >= 0.6 is 15.9 Å². The summed E-state index contributed by atoms with van der Waals surface area (Å²) >= 11 is 3.45. The molecule has 20 heavy (non-hydrogen) atoms. The molecule has 1 fully saturated rings. The minimum absolute atomic E-state index is 0.382. The first-order valence-corrected chi connectivity index (χ1v) is 7.82. The van der Waals surface area contributed by atoms with Gasteiger partial charge in [0.2, 0.25) is 0 Å². The molecule has 3 rings (SSSR count). The van der Waals surface area contributed by atoms with Crippen LogP contribution in [-0.4, -0.2) is 19.5 Å². The maximum Gasteiger partial charge on any atom is 0.173 e. The number of aldehydes is 1. The van der Waals surface area contributed by atoms with Crippen molar-refractivity contribution in [1.29, 1.82) is 0 Å². The molecule has 1 heterocycles. The predicted molar refractivity (Wildman–Crippen MR) is 79.5 cm³/mol. The number of rotatable bonds is 2. The van der Waals surface area contributed by atoms with Crippen LogP contribution in [0, 0.1) is 0 Å². The lowest BCUT2D eigenvalue weighted by atomic mass is 9.76. The first-order chi connectivity index (χ1) is 9.65. The molecule has 1 aromatic rings. The van der Waals surface area contributed by atoms with Gasteiger partial charge in [0.25, 0.3) is 0 Å².